The molecule has 0 radical (unpaired) electrons. The highest BCUT2D eigenvalue weighted by molar-refractivity contribution is 7.80. The van der Waals surface area contributed by atoms with Gasteiger partial charge in [-0.1, -0.05) is 26.2 Å². The normalized spacial score (nSPS) is 10.0. The van der Waals surface area contributed by atoms with Crippen molar-refractivity contribution < 1.29 is 4.79 Å². The molecule has 0 rings (SSSR count). The summed E-state index contributed by atoms with van der Waals surface area (Å²) in [6.45, 7) is 3.67. The first-order chi connectivity index (χ1) is 7.31. The molecule has 0 aromatic heterocycles. The lowest BCUT2D eigenvalue weighted by molar-refractivity contribution is 0.240. The van der Waals surface area contributed by atoms with Gasteiger partial charge in [-0.15, -0.1) is 0 Å². The van der Waals surface area contributed by atoms with E-state index in [9.17, 15) is 4.79 Å². The highest BCUT2D eigenvalue weighted by atomic mass is 32.1. The van der Waals surface area contributed by atoms with Crippen LogP contribution >= 0.6 is 12.6 Å². The van der Waals surface area contributed by atoms with Crippen LogP contribution in [0.3, 0.4) is 0 Å². The molecule has 3 nitrogen and oxygen atoms in total. The van der Waals surface area contributed by atoms with E-state index in [2.05, 4.69) is 30.2 Å². The highest BCUT2D eigenvalue weighted by Crippen LogP contribution is 1.99. The smallest absolute Gasteiger partial charge is 0.314 e. The molecule has 15 heavy (non-hydrogen) atoms. The van der Waals surface area contributed by atoms with Crippen molar-refractivity contribution in [2.45, 2.75) is 45.4 Å². The third kappa shape index (κ3) is 11.5. The molecule has 0 saturated carbocycles. The van der Waals surface area contributed by atoms with Crippen LogP contribution in [0.2, 0.25) is 0 Å². The average Bonchev–Trinajstić information content (AvgIpc) is 2.23. The van der Waals surface area contributed by atoms with Gasteiger partial charge in [0.05, 0.1) is 0 Å². The second-order valence-corrected chi connectivity index (χ2v) is 4.12. The molecule has 2 N–H and O–H groups in total. The third-order valence-corrected chi connectivity index (χ3v) is 2.50. The van der Waals surface area contributed by atoms with Gasteiger partial charge in [0.15, 0.2) is 0 Å². The lowest BCUT2D eigenvalue weighted by Crippen LogP contribution is -2.36. The van der Waals surface area contributed by atoms with Crippen LogP contribution in [0.4, 0.5) is 4.79 Å². The summed E-state index contributed by atoms with van der Waals surface area (Å²) < 4.78 is 0. The second-order valence-electron chi connectivity index (χ2n) is 3.67. The minimum absolute atomic E-state index is 0.0300. The SMILES string of the molecule is CCCCNC(=O)NCCCCCCS. The summed E-state index contributed by atoms with van der Waals surface area (Å²) in [5.74, 6) is 0.963. The summed E-state index contributed by atoms with van der Waals surface area (Å²) in [4.78, 5) is 11.2. The van der Waals surface area contributed by atoms with Gasteiger partial charge in [-0.25, -0.2) is 4.79 Å². The summed E-state index contributed by atoms with van der Waals surface area (Å²) in [5, 5.41) is 5.67. The molecular formula is C11H24N2OS. The van der Waals surface area contributed by atoms with Crippen LogP contribution in [0.25, 0.3) is 0 Å². The van der Waals surface area contributed by atoms with Gasteiger partial charge in [0, 0.05) is 13.1 Å². The first-order valence-corrected chi connectivity index (χ1v) is 6.57. The van der Waals surface area contributed by atoms with E-state index >= 15 is 0 Å². The fourth-order valence-corrected chi connectivity index (χ4v) is 1.46. The first kappa shape index (κ1) is 14.6. The molecule has 0 spiro atoms. The summed E-state index contributed by atoms with van der Waals surface area (Å²) in [7, 11) is 0. The quantitative estimate of drug-likeness (QED) is 0.415. The Bertz CT molecular complexity index is 154. The molecule has 0 aromatic carbocycles. The Morgan fingerprint density at radius 2 is 1.60 bits per heavy atom. The largest absolute Gasteiger partial charge is 0.338 e. The maximum Gasteiger partial charge on any atom is 0.314 e. The minimum Gasteiger partial charge on any atom is -0.338 e. The summed E-state index contributed by atoms with van der Waals surface area (Å²) in [6, 6.07) is -0.0300. The van der Waals surface area contributed by atoms with Crippen molar-refractivity contribution in [1.29, 1.82) is 0 Å². The van der Waals surface area contributed by atoms with Crippen LogP contribution in [-0.4, -0.2) is 24.9 Å². The van der Waals surface area contributed by atoms with Crippen molar-refractivity contribution in [3.8, 4) is 0 Å². The fraction of sp³-hybridized carbons (Fsp3) is 0.909. The number of unbranched alkanes of at least 4 members (excludes halogenated alkanes) is 4. The fourth-order valence-electron chi connectivity index (χ4n) is 1.23. The summed E-state index contributed by atoms with van der Waals surface area (Å²) in [6.07, 6.45) is 6.79. The molecule has 0 unspecified atom stereocenters. The van der Waals surface area contributed by atoms with Gasteiger partial charge in [0.25, 0.3) is 0 Å². The number of rotatable bonds is 9. The van der Waals surface area contributed by atoms with Crippen molar-refractivity contribution in [2.24, 2.45) is 0 Å². The number of urea groups is 1. The number of amides is 2. The zero-order valence-electron chi connectivity index (χ0n) is 9.72. The molecule has 4 heteroatoms. The van der Waals surface area contributed by atoms with Gasteiger partial charge < -0.3 is 10.6 Å². The molecule has 0 atom stereocenters. The number of thiol groups is 1. The van der Waals surface area contributed by atoms with E-state index in [0.717, 1.165) is 38.1 Å². The predicted molar refractivity (Wildman–Crippen MR) is 68.6 cm³/mol. The van der Waals surface area contributed by atoms with Crippen molar-refractivity contribution in [3.63, 3.8) is 0 Å². The maximum atomic E-state index is 11.2. The Morgan fingerprint density at radius 1 is 1.00 bits per heavy atom. The van der Waals surface area contributed by atoms with Crippen molar-refractivity contribution >= 4 is 18.7 Å². The Labute approximate surface area is 98.8 Å². The molecule has 0 aromatic rings. The Balaban J connectivity index is 3.10. The first-order valence-electron chi connectivity index (χ1n) is 5.93. The molecule has 0 fully saturated rings. The molecule has 0 bridgehead atoms. The van der Waals surface area contributed by atoms with E-state index < -0.39 is 0 Å². The van der Waals surface area contributed by atoms with Crippen molar-refractivity contribution in [1.82, 2.24) is 10.6 Å². The molecule has 0 aliphatic rings. The van der Waals surface area contributed by atoms with Crippen LogP contribution in [0.1, 0.15) is 45.4 Å². The number of carbonyl (C=O) groups excluding carboxylic acids is 1. The van der Waals surface area contributed by atoms with E-state index in [0.29, 0.717) is 0 Å². The number of nitrogens with one attached hydrogen (secondary N) is 2. The zero-order valence-corrected chi connectivity index (χ0v) is 10.6. The molecule has 90 valence electrons. The number of hydrogen-bond donors (Lipinski definition) is 3. The van der Waals surface area contributed by atoms with E-state index in [1.807, 2.05) is 0 Å². The van der Waals surface area contributed by atoms with Crippen LogP contribution in [-0.2, 0) is 0 Å². The van der Waals surface area contributed by atoms with Gasteiger partial charge in [-0.05, 0) is 25.0 Å². The van der Waals surface area contributed by atoms with Crippen molar-refractivity contribution in [3.05, 3.63) is 0 Å². The lowest BCUT2D eigenvalue weighted by Gasteiger charge is -2.06. The zero-order chi connectivity index (χ0) is 11.4. The standard InChI is InChI=1S/C11H24N2OS/c1-2-3-8-12-11(14)13-9-6-4-5-7-10-15/h15H,2-10H2,1H3,(H2,12,13,14). The van der Waals surface area contributed by atoms with Gasteiger partial charge in [0.1, 0.15) is 0 Å². The van der Waals surface area contributed by atoms with Crippen LogP contribution in [0.5, 0.6) is 0 Å². The van der Waals surface area contributed by atoms with E-state index in [-0.39, 0.29) is 6.03 Å². The van der Waals surface area contributed by atoms with E-state index in [1.165, 1.54) is 19.3 Å². The van der Waals surface area contributed by atoms with Crippen LogP contribution in [0.15, 0.2) is 0 Å². The minimum atomic E-state index is -0.0300. The van der Waals surface area contributed by atoms with Crippen LogP contribution < -0.4 is 10.6 Å². The molecule has 0 aliphatic heterocycles. The average molecular weight is 232 g/mol. The lowest BCUT2D eigenvalue weighted by atomic mass is 10.2. The molecule has 0 heterocycles. The number of carbonyl (C=O) groups is 1. The second kappa shape index (κ2) is 11.7. The van der Waals surface area contributed by atoms with Gasteiger partial charge >= 0.3 is 6.03 Å². The predicted octanol–water partition coefficient (Wildman–Crippen LogP) is 2.58. The van der Waals surface area contributed by atoms with Gasteiger partial charge in [-0.2, -0.15) is 12.6 Å². The Morgan fingerprint density at radius 3 is 2.20 bits per heavy atom. The van der Waals surface area contributed by atoms with Gasteiger partial charge in [-0.3, -0.25) is 0 Å². The van der Waals surface area contributed by atoms with Gasteiger partial charge in [0.2, 0.25) is 0 Å². The highest BCUT2D eigenvalue weighted by Gasteiger charge is 1.97. The Kier molecular flexibility index (Phi) is 11.4. The van der Waals surface area contributed by atoms with Crippen molar-refractivity contribution in [2.75, 3.05) is 18.8 Å². The topological polar surface area (TPSA) is 41.1 Å². The molecule has 2 amide bonds. The summed E-state index contributed by atoms with van der Waals surface area (Å²) in [5.41, 5.74) is 0. The molecular weight excluding hydrogens is 208 g/mol. The summed E-state index contributed by atoms with van der Waals surface area (Å²) >= 11 is 4.15. The number of hydrogen-bond acceptors (Lipinski definition) is 2. The Hall–Kier alpha value is -0.380. The monoisotopic (exact) mass is 232 g/mol. The maximum absolute atomic E-state index is 11.2. The molecule has 0 saturated heterocycles. The third-order valence-electron chi connectivity index (χ3n) is 2.19. The van der Waals surface area contributed by atoms with E-state index in [4.69, 9.17) is 0 Å². The molecule has 0 aliphatic carbocycles. The van der Waals surface area contributed by atoms with Crippen LogP contribution in [0, 0.1) is 0 Å². The van der Waals surface area contributed by atoms with E-state index in [1.54, 1.807) is 0 Å².